The van der Waals surface area contributed by atoms with E-state index in [1.54, 1.807) is 18.2 Å². The van der Waals surface area contributed by atoms with Gasteiger partial charge in [0.1, 0.15) is 18.0 Å². The van der Waals surface area contributed by atoms with Gasteiger partial charge in [-0.25, -0.2) is 4.98 Å². The van der Waals surface area contributed by atoms with Crippen LogP contribution in [0, 0.1) is 0 Å². The summed E-state index contributed by atoms with van der Waals surface area (Å²) in [4.78, 5) is 29.2. The van der Waals surface area contributed by atoms with E-state index in [1.807, 2.05) is 0 Å². The second-order valence-electron chi connectivity index (χ2n) is 5.58. The van der Waals surface area contributed by atoms with E-state index in [4.69, 9.17) is 32.7 Å². The molecule has 9 heteroatoms. The Morgan fingerprint density at radius 1 is 1.19 bits per heavy atom. The zero-order valence-electron chi connectivity index (χ0n) is 14.5. The number of amides is 1. The Kier molecular flexibility index (Phi) is 5.53. The zero-order valence-corrected chi connectivity index (χ0v) is 16.0. The van der Waals surface area contributed by atoms with Crippen molar-refractivity contribution in [1.82, 2.24) is 9.55 Å². The average Bonchev–Trinajstić information content (AvgIpc) is 2.64. The largest absolute Gasteiger partial charge is 0.497 e. The van der Waals surface area contributed by atoms with Crippen LogP contribution < -0.4 is 20.3 Å². The molecule has 27 heavy (non-hydrogen) atoms. The number of carbonyl (C=O) groups is 1. The summed E-state index contributed by atoms with van der Waals surface area (Å²) >= 11 is 12.0. The molecule has 1 aromatic heterocycles. The fourth-order valence-electron chi connectivity index (χ4n) is 2.56. The van der Waals surface area contributed by atoms with Gasteiger partial charge in [-0.2, -0.15) is 0 Å². The lowest BCUT2D eigenvalue weighted by atomic mass is 10.2. The van der Waals surface area contributed by atoms with Gasteiger partial charge in [0.15, 0.2) is 0 Å². The van der Waals surface area contributed by atoms with E-state index < -0.39 is 11.5 Å². The van der Waals surface area contributed by atoms with Gasteiger partial charge < -0.3 is 14.8 Å². The third-order valence-electron chi connectivity index (χ3n) is 3.84. The molecule has 1 N–H and O–H groups in total. The highest BCUT2D eigenvalue weighted by Gasteiger charge is 2.13. The molecule has 0 fully saturated rings. The first-order valence-electron chi connectivity index (χ1n) is 7.79. The van der Waals surface area contributed by atoms with E-state index in [-0.39, 0.29) is 17.0 Å². The summed E-state index contributed by atoms with van der Waals surface area (Å²) in [6.07, 6.45) is 1.27. The minimum absolute atomic E-state index is 0.238. The van der Waals surface area contributed by atoms with Crippen LogP contribution in [0.1, 0.15) is 0 Å². The monoisotopic (exact) mass is 407 g/mol. The van der Waals surface area contributed by atoms with Gasteiger partial charge in [-0.05, 0) is 24.3 Å². The summed E-state index contributed by atoms with van der Waals surface area (Å²) in [5.41, 5.74) is 0.337. The van der Waals surface area contributed by atoms with E-state index in [9.17, 15) is 9.59 Å². The van der Waals surface area contributed by atoms with Crippen LogP contribution in [0.2, 0.25) is 10.0 Å². The summed E-state index contributed by atoms with van der Waals surface area (Å²) in [6.45, 7) is -0.244. The Morgan fingerprint density at radius 2 is 1.96 bits per heavy atom. The van der Waals surface area contributed by atoms with Crippen molar-refractivity contribution < 1.29 is 14.3 Å². The highest BCUT2D eigenvalue weighted by molar-refractivity contribution is 6.38. The van der Waals surface area contributed by atoms with Crippen molar-refractivity contribution in [3.8, 4) is 11.5 Å². The van der Waals surface area contributed by atoms with Crippen molar-refractivity contribution in [2.75, 3.05) is 19.5 Å². The zero-order chi connectivity index (χ0) is 19.6. The SMILES string of the molecule is COc1ccc(OC)c(NC(=O)Cn2cnc3c(Cl)cc(Cl)cc3c2=O)c1. The fraction of sp³-hybridized carbons (Fsp3) is 0.167. The molecule has 0 aliphatic rings. The summed E-state index contributed by atoms with van der Waals surface area (Å²) in [5, 5.41) is 3.52. The molecule has 0 saturated carbocycles. The Hall–Kier alpha value is -2.77. The predicted octanol–water partition coefficient (Wildman–Crippen LogP) is 3.36. The predicted molar refractivity (Wildman–Crippen MR) is 104 cm³/mol. The maximum atomic E-state index is 12.6. The van der Waals surface area contributed by atoms with Gasteiger partial charge in [-0.1, -0.05) is 23.2 Å². The van der Waals surface area contributed by atoms with Crippen LogP contribution in [-0.4, -0.2) is 29.7 Å². The number of aromatic nitrogens is 2. The molecular weight excluding hydrogens is 393 g/mol. The summed E-state index contributed by atoms with van der Waals surface area (Å²) in [5.74, 6) is 0.588. The Bertz CT molecular complexity index is 1080. The van der Waals surface area contributed by atoms with E-state index in [1.165, 1.54) is 37.2 Å². The van der Waals surface area contributed by atoms with Gasteiger partial charge in [-0.3, -0.25) is 14.2 Å². The number of nitrogens with one attached hydrogen (secondary N) is 1. The minimum atomic E-state index is -0.432. The third-order valence-corrected chi connectivity index (χ3v) is 4.35. The van der Waals surface area contributed by atoms with Crippen molar-refractivity contribution in [3.63, 3.8) is 0 Å². The highest BCUT2D eigenvalue weighted by atomic mass is 35.5. The average molecular weight is 408 g/mol. The van der Waals surface area contributed by atoms with Gasteiger partial charge >= 0.3 is 0 Å². The molecule has 0 atom stereocenters. The van der Waals surface area contributed by atoms with E-state index >= 15 is 0 Å². The van der Waals surface area contributed by atoms with Crippen LogP contribution in [0.25, 0.3) is 10.9 Å². The highest BCUT2D eigenvalue weighted by Crippen LogP contribution is 2.29. The Morgan fingerprint density at radius 3 is 2.67 bits per heavy atom. The minimum Gasteiger partial charge on any atom is -0.497 e. The first-order chi connectivity index (χ1) is 12.9. The third kappa shape index (κ3) is 3.99. The van der Waals surface area contributed by atoms with Crippen molar-refractivity contribution in [2.45, 2.75) is 6.54 Å². The van der Waals surface area contributed by atoms with Gasteiger partial charge in [0.2, 0.25) is 5.91 Å². The van der Waals surface area contributed by atoms with Gasteiger partial charge in [-0.15, -0.1) is 0 Å². The van der Waals surface area contributed by atoms with Crippen LogP contribution >= 0.6 is 23.2 Å². The number of benzene rings is 2. The lowest BCUT2D eigenvalue weighted by Crippen LogP contribution is -2.28. The second-order valence-corrected chi connectivity index (χ2v) is 6.42. The molecule has 1 amide bonds. The molecular formula is C18H15Cl2N3O4. The number of methoxy groups -OCH3 is 2. The molecule has 140 valence electrons. The molecule has 0 spiro atoms. The number of hydrogen-bond acceptors (Lipinski definition) is 5. The number of carbonyl (C=O) groups excluding carboxylic acids is 1. The van der Waals surface area contributed by atoms with Gasteiger partial charge in [0.25, 0.3) is 5.56 Å². The molecule has 0 radical (unpaired) electrons. The molecule has 0 aliphatic carbocycles. The molecule has 0 aliphatic heterocycles. The quantitative estimate of drug-likeness (QED) is 0.700. The van der Waals surface area contributed by atoms with Crippen LogP contribution in [0.3, 0.4) is 0 Å². The smallest absolute Gasteiger partial charge is 0.261 e. The molecule has 1 heterocycles. The molecule has 2 aromatic carbocycles. The lowest BCUT2D eigenvalue weighted by molar-refractivity contribution is -0.116. The number of fused-ring (bicyclic) bond motifs is 1. The molecule has 7 nitrogen and oxygen atoms in total. The number of hydrogen-bond donors (Lipinski definition) is 1. The van der Waals surface area contributed by atoms with Crippen LogP contribution in [0.4, 0.5) is 5.69 Å². The van der Waals surface area contributed by atoms with Crippen molar-refractivity contribution in [1.29, 1.82) is 0 Å². The molecule has 0 bridgehead atoms. The number of nitrogens with zero attached hydrogens (tertiary/aromatic N) is 2. The number of anilines is 1. The van der Waals surface area contributed by atoms with E-state index in [0.29, 0.717) is 27.7 Å². The Balaban J connectivity index is 1.89. The molecule has 0 unspecified atom stereocenters. The van der Waals surface area contributed by atoms with Crippen molar-refractivity contribution in [2.24, 2.45) is 0 Å². The Labute approximate surface area is 164 Å². The van der Waals surface area contributed by atoms with Crippen molar-refractivity contribution >= 4 is 45.7 Å². The van der Waals surface area contributed by atoms with Crippen LogP contribution in [-0.2, 0) is 11.3 Å². The number of ether oxygens (including phenoxy) is 2. The molecule has 3 rings (SSSR count). The van der Waals surface area contributed by atoms with Gasteiger partial charge in [0.05, 0.1) is 42.2 Å². The number of halogens is 2. The first-order valence-corrected chi connectivity index (χ1v) is 8.54. The fourth-order valence-corrected chi connectivity index (χ4v) is 3.11. The van der Waals surface area contributed by atoms with Gasteiger partial charge in [0, 0.05) is 11.1 Å². The first kappa shape index (κ1) is 19.0. The normalized spacial score (nSPS) is 10.7. The molecule has 0 saturated heterocycles. The standard InChI is InChI=1S/C18H15Cl2N3O4/c1-26-11-3-4-15(27-2)14(7-11)22-16(24)8-23-9-21-17-12(18(23)25)5-10(19)6-13(17)20/h3-7,9H,8H2,1-2H3,(H,22,24). The van der Waals surface area contributed by atoms with E-state index in [2.05, 4.69) is 10.3 Å². The lowest BCUT2D eigenvalue weighted by Gasteiger charge is -2.12. The molecule has 3 aromatic rings. The maximum Gasteiger partial charge on any atom is 0.261 e. The maximum absolute atomic E-state index is 12.6. The van der Waals surface area contributed by atoms with Crippen LogP contribution in [0.5, 0.6) is 11.5 Å². The van der Waals surface area contributed by atoms with E-state index in [0.717, 1.165) is 0 Å². The topological polar surface area (TPSA) is 82.4 Å². The summed E-state index contributed by atoms with van der Waals surface area (Å²) < 4.78 is 11.5. The number of rotatable bonds is 5. The summed E-state index contributed by atoms with van der Waals surface area (Å²) in [6, 6.07) is 7.97. The van der Waals surface area contributed by atoms with Crippen molar-refractivity contribution in [3.05, 3.63) is 57.1 Å². The van der Waals surface area contributed by atoms with Crippen LogP contribution in [0.15, 0.2) is 41.5 Å². The summed E-state index contributed by atoms with van der Waals surface area (Å²) in [7, 11) is 3.01. The second kappa shape index (κ2) is 7.85.